The Labute approximate surface area is 93.2 Å². The molecule has 0 aromatic heterocycles. The zero-order valence-corrected chi connectivity index (χ0v) is 10.3. The van der Waals surface area contributed by atoms with Crippen molar-refractivity contribution in [1.29, 1.82) is 0 Å². The molecule has 5 nitrogen and oxygen atoms in total. The fraction of sp³-hybridized carbons (Fsp3) is 0.900. The van der Waals surface area contributed by atoms with Gasteiger partial charge in [0.15, 0.2) is 0 Å². The van der Waals surface area contributed by atoms with Gasteiger partial charge in [0, 0.05) is 13.7 Å². The van der Waals surface area contributed by atoms with Gasteiger partial charge in [-0.25, -0.2) is 4.79 Å². The Morgan fingerprint density at radius 2 is 1.67 bits per heavy atom. The largest absolute Gasteiger partial charge is 0.400 e. The van der Waals surface area contributed by atoms with E-state index in [1.807, 2.05) is 0 Å². The number of carbonyl (C=O) groups excluding carboxylic acids is 1. The highest BCUT2D eigenvalue weighted by molar-refractivity contribution is 5.71. The van der Waals surface area contributed by atoms with Gasteiger partial charge in [0.1, 0.15) is 0 Å². The molecule has 0 saturated carbocycles. The van der Waals surface area contributed by atoms with Crippen molar-refractivity contribution in [1.82, 2.24) is 5.32 Å². The first kappa shape index (κ1) is 19.7. The monoisotopic (exact) mass is 221 g/mol. The van der Waals surface area contributed by atoms with Crippen molar-refractivity contribution in [2.75, 3.05) is 20.2 Å². The molecule has 0 aliphatic carbocycles. The van der Waals surface area contributed by atoms with Crippen molar-refractivity contribution < 1.29 is 9.90 Å². The Morgan fingerprint density at radius 1 is 1.20 bits per heavy atom. The molecule has 0 saturated heterocycles. The van der Waals surface area contributed by atoms with Gasteiger partial charge in [-0.1, -0.05) is 26.7 Å². The maximum atomic E-state index is 9.99. The highest BCUT2D eigenvalue weighted by atomic mass is 16.2. The number of nitrogens with one attached hydrogen (secondary N) is 1. The lowest BCUT2D eigenvalue weighted by molar-refractivity contribution is 0.249. The topological polar surface area (TPSA) is 101 Å². The number of aliphatic hydroxyl groups is 1. The number of nitrogens with two attached hydrogens (primary N) is 2. The van der Waals surface area contributed by atoms with Crippen LogP contribution in [-0.2, 0) is 0 Å². The SMILES string of the molecule is CCCCN.CCCCNC(N)=O.CO. The van der Waals surface area contributed by atoms with Crippen LogP contribution in [0.25, 0.3) is 0 Å². The molecule has 0 radical (unpaired) electrons. The smallest absolute Gasteiger partial charge is 0.312 e. The zero-order chi connectivity index (χ0) is 12.5. The molecular formula is C10H27N3O2. The summed E-state index contributed by atoms with van der Waals surface area (Å²) in [5, 5.41) is 9.49. The van der Waals surface area contributed by atoms with Crippen LogP contribution in [0, 0.1) is 0 Å². The average Bonchev–Trinajstić information content (AvgIpc) is 2.23. The molecule has 0 aliphatic heterocycles. The lowest BCUT2D eigenvalue weighted by Crippen LogP contribution is -2.29. The van der Waals surface area contributed by atoms with Crippen molar-refractivity contribution in [3.8, 4) is 0 Å². The molecule has 0 aliphatic rings. The van der Waals surface area contributed by atoms with E-state index in [2.05, 4.69) is 19.2 Å². The Hall–Kier alpha value is -0.810. The summed E-state index contributed by atoms with van der Waals surface area (Å²) in [5.41, 5.74) is 9.92. The lowest BCUT2D eigenvalue weighted by atomic mass is 10.3. The van der Waals surface area contributed by atoms with Gasteiger partial charge in [-0.05, 0) is 19.4 Å². The number of aliphatic hydroxyl groups excluding tert-OH is 1. The first-order chi connectivity index (χ1) is 7.18. The molecule has 6 N–H and O–H groups in total. The van der Waals surface area contributed by atoms with Gasteiger partial charge >= 0.3 is 6.03 Å². The molecule has 0 rings (SSSR count). The summed E-state index contributed by atoms with van der Waals surface area (Å²) >= 11 is 0. The number of hydrogen-bond acceptors (Lipinski definition) is 3. The molecule has 2 amide bonds. The molecule has 0 heterocycles. The second-order valence-electron chi connectivity index (χ2n) is 2.79. The summed E-state index contributed by atoms with van der Waals surface area (Å²) in [6, 6.07) is -0.432. The lowest BCUT2D eigenvalue weighted by Gasteiger charge is -1.96. The van der Waals surface area contributed by atoms with Gasteiger partial charge in [0.2, 0.25) is 0 Å². The normalized spacial score (nSPS) is 7.80. The first-order valence-corrected chi connectivity index (χ1v) is 5.37. The molecule has 5 heteroatoms. The van der Waals surface area contributed by atoms with Crippen LogP contribution in [0.5, 0.6) is 0 Å². The maximum absolute atomic E-state index is 9.99. The van der Waals surface area contributed by atoms with E-state index >= 15 is 0 Å². The van der Waals surface area contributed by atoms with Crippen molar-refractivity contribution in [2.45, 2.75) is 39.5 Å². The number of carbonyl (C=O) groups is 1. The average molecular weight is 221 g/mol. The van der Waals surface area contributed by atoms with Gasteiger partial charge in [-0.2, -0.15) is 0 Å². The predicted molar refractivity (Wildman–Crippen MR) is 64.6 cm³/mol. The molecule has 0 fully saturated rings. The summed E-state index contributed by atoms with van der Waals surface area (Å²) in [4.78, 5) is 9.99. The highest BCUT2D eigenvalue weighted by Crippen LogP contribution is 1.80. The van der Waals surface area contributed by atoms with Gasteiger partial charge in [0.25, 0.3) is 0 Å². The van der Waals surface area contributed by atoms with E-state index in [9.17, 15) is 4.79 Å². The standard InChI is InChI=1S/C5H12N2O.C4H11N.CH4O/c1-2-3-4-7-5(6)8;1-2-3-4-5;1-2/h2-4H2,1H3,(H3,6,7,8);2-5H2,1H3;2H,1H3. The van der Waals surface area contributed by atoms with E-state index in [0.29, 0.717) is 6.54 Å². The number of primary amides is 1. The minimum absolute atomic E-state index is 0.432. The quantitative estimate of drug-likeness (QED) is 0.517. The summed E-state index contributed by atoms with van der Waals surface area (Å²) < 4.78 is 0. The van der Waals surface area contributed by atoms with Crippen LogP contribution in [0.2, 0.25) is 0 Å². The Bertz CT molecular complexity index is 109. The third kappa shape index (κ3) is 43.1. The molecule has 0 unspecified atom stereocenters. The third-order valence-corrected chi connectivity index (χ3v) is 1.39. The van der Waals surface area contributed by atoms with E-state index in [0.717, 1.165) is 26.5 Å². The highest BCUT2D eigenvalue weighted by Gasteiger charge is 1.86. The number of urea groups is 1. The molecule has 0 spiro atoms. The van der Waals surface area contributed by atoms with E-state index in [4.69, 9.17) is 16.6 Å². The summed E-state index contributed by atoms with van der Waals surface area (Å²) in [5.74, 6) is 0. The van der Waals surface area contributed by atoms with Crippen LogP contribution in [0.3, 0.4) is 0 Å². The van der Waals surface area contributed by atoms with Crippen LogP contribution in [-0.4, -0.2) is 31.3 Å². The fourth-order valence-electron chi connectivity index (χ4n) is 0.592. The number of hydrogen-bond donors (Lipinski definition) is 4. The number of unbranched alkanes of at least 4 members (excludes halogenated alkanes) is 2. The minimum atomic E-state index is -0.432. The summed E-state index contributed by atoms with van der Waals surface area (Å²) in [6.07, 6.45) is 4.47. The van der Waals surface area contributed by atoms with Crippen LogP contribution >= 0.6 is 0 Å². The zero-order valence-electron chi connectivity index (χ0n) is 10.3. The fourth-order valence-corrected chi connectivity index (χ4v) is 0.592. The number of amides is 2. The van der Waals surface area contributed by atoms with Crippen LogP contribution in [0.4, 0.5) is 4.79 Å². The molecule has 0 aromatic rings. The van der Waals surface area contributed by atoms with Gasteiger partial charge in [-0.3, -0.25) is 0 Å². The van der Waals surface area contributed by atoms with Crippen molar-refractivity contribution in [3.05, 3.63) is 0 Å². The van der Waals surface area contributed by atoms with E-state index in [-0.39, 0.29) is 0 Å². The molecule has 0 bridgehead atoms. The molecule has 94 valence electrons. The Balaban J connectivity index is -0.000000177. The Morgan fingerprint density at radius 3 is 1.87 bits per heavy atom. The number of rotatable bonds is 5. The van der Waals surface area contributed by atoms with E-state index in [1.165, 1.54) is 12.8 Å². The molecular weight excluding hydrogens is 194 g/mol. The predicted octanol–water partition coefficient (Wildman–Crippen LogP) is 0.809. The minimum Gasteiger partial charge on any atom is -0.400 e. The third-order valence-electron chi connectivity index (χ3n) is 1.39. The summed E-state index contributed by atoms with van der Waals surface area (Å²) in [6.45, 7) is 5.73. The Kier molecular flexibility index (Phi) is 30.5. The van der Waals surface area contributed by atoms with Crippen LogP contribution in [0.15, 0.2) is 0 Å². The van der Waals surface area contributed by atoms with Crippen molar-refractivity contribution in [3.63, 3.8) is 0 Å². The second kappa shape index (κ2) is 23.2. The maximum Gasteiger partial charge on any atom is 0.312 e. The van der Waals surface area contributed by atoms with Crippen LogP contribution in [0.1, 0.15) is 39.5 Å². The van der Waals surface area contributed by atoms with Crippen molar-refractivity contribution in [2.24, 2.45) is 11.5 Å². The van der Waals surface area contributed by atoms with Gasteiger partial charge in [-0.15, -0.1) is 0 Å². The summed E-state index contributed by atoms with van der Waals surface area (Å²) in [7, 11) is 1.00. The molecule has 15 heavy (non-hydrogen) atoms. The molecule has 0 aromatic carbocycles. The second-order valence-corrected chi connectivity index (χ2v) is 2.79. The van der Waals surface area contributed by atoms with Crippen molar-refractivity contribution >= 4 is 6.03 Å². The van der Waals surface area contributed by atoms with Gasteiger partial charge in [0.05, 0.1) is 0 Å². The first-order valence-electron chi connectivity index (χ1n) is 5.37. The van der Waals surface area contributed by atoms with Gasteiger partial charge < -0.3 is 21.9 Å². The molecule has 0 atom stereocenters. The van der Waals surface area contributed by atoms with E-state index < -0.39 is 6.03 Å². The van der Waals surface area contributed by atoms with E-state index in [1.54, 1.807) is 0 Å². The van der Waals surface area contributed by atoms with Crippen LogP contribution < -0.4 is 16.8 Å².